The second kappa shape index (κ2) is 11.7. The lowest BCUT2D eigenvalue weighted by molar-refractivity contribution is 1.07. The summed E-state index contributed by atoms with van der Waals surface area (Å²) in [6.45, 7) is 0. The zero-order valence-electron chi connectivity index (χ0n) is 28.6. The lowest BCUT2D eigenvalue weighted by Gasteiger charge is -2.17. The second-order valence-corrected chi connectivity index (χ2v) is 13.5. The van der Waals surface area contributed by atoms with Gasteiger partial charge >= 0.3 is 0 Å². The molecular formula is C49H30N4. The van der Waals surface area contributed by atoms with Gasteiger partial charge in [-0.15, -0.1) is 0 Å². The van der Waals surface area contributed by atoms with Crippen LogP contribution in [0.15, 0.2) is 182 Å². The van der Waals surface area contributed by atoms with E-state index in [-0.39, 0.29) is 0 Å². The highest BCUT2D eigenvalue weighted by atomic mass is 15.1. The molecule has 2 aromatic heterocycles. The molecule has 0 unspecified atom stereocenters. The Bertz CT molecular complexity index is 3180. The standard InChI is InChI=1S/C49H30N4/c1-2-16-31(17-3-1)47-50-48(40-26-12-15-29-45(40)53-43-27-13-10-22-36(43)37-23-11-14-28-44(37)53)52-49(51-47)42-30-41-34-20-5-4-18-32(34)33-19-6-8-24-38(33)46(41)39-25-9-7-21-35(39)42/h1-30H. The Kier molecular flexibility index (Phi) is 6.52. The molecule has 0 atom stereocenters. The molecule has 0 aliphatic rings. The average Bonchev–Trinajstić information content (AvgIpc) is 3.57. The third kappa shape index (κ3) is 4.52. The van der Waals surface area contributed by atoms with Gasteiger partial charge in [0, 0.05) is 27.5 Å². The van der Waals surface area contributed by atoms with Crippen LogP contribution < -0.4 is 0 Å². The number of para-hydroxylation sites is 3. The minimum Gasteiger partial charge on any atom is -0.309 e. The molecule has 0 saturated heterocycles. The van der Waals surface area contributed by atoms with Crippen molar-refractivity contribution in [1.29, 1.82) is 0 Å². The monoisotopic (exact) mass is 674 g/mol. The van der Waals surface area contributed by atoms with E-state index in [1.807, 2.05) is 18.2 Å². The molecular weight excluding hydrogens is 645 g/mol. The van der Waals surface area contributed by atoms with Gasteiger partial charge < -0.3 is 4.57 Å². The number of rotatable bonds is 4. The Morgan fingerprint density at radius 3 is 1.40 bits per heavy atom. The number of fused-ring (bicyclic) bond motifs is 11. The van der Waals surface area contributed by atoms with Crippen LogP contribution in [0.25, 0.3) is 105 Å². The minimum absolute atomic E-state index is 0.624. The Balaban J connectivity index is 1.24. The smallest absolute Gasteiger partial charge is 0.166 e. The molecule has 4 heteroatoms. The van der Waals surface area contributed by atoms with Crippen LogP contribution in [0, 0.1) is 0 Å². The summed E-state index contributed by atoms with van der Waals surface area (Å²) in [7, 11) is 0. The molecule has 53 heavy (non-hydrogen) atoms. The Labute approximate surface area is 305 Å². The van der Waals surface area contributed by atoms with Gasteiger partial charge in [0.2, 0.25) is 0 Å². The van der Waals surface area contributed by atoms with E-state index >= 15 is 0 Å². The molecule has 9 aromatic carbocycles. The summed E-state index contributed by atoms with van der Waals surface area (Å²) in [6.07, 6.45) is 0. The summed E-state index contributed by atoms with van der Waals surface area (Å²) < 4.78 is 2.34. The fourth-order valence-electron chi connectivity index (χ4n) is 8.32. The summed E-state index contributed by atoms with van der Waals surface area (Å²) in [5.41, 5.74) is 6.14. The maximum atomic E-state index is 5.39. The number of hydrogen-bond acceptors (Lipinski definition) is 3. The molecule has 0 aliphatic heterocycles. The first kappa shape index (κ1) is 29.5. The van der Waals surface area contributed by atoms with Gasteiger partial charge in [0.15, 0.2) is 17.5 Å². The molecule has 0 aliphatic carbocycles. The summed E-state index contributed by atoms with van der Waals surface area (Å²) in [4.78, 5) is 15.9. The summed E-state index contributed by atoms with van der Waals surface area (Å²) >= 11 is 0. The lowest BCUT2D eigenvalue weighted by Crippen LogP contribution is -2.04. The third-order valence-corrected chi connectivity index (χ3v) is 10.6. The first-order valence-electron chi connectivity index (χ1n) is 18.0. The van der Waals surface area contributed by atoms with Crippen molar-refractivity contribution < 1.29 is 0 Å². The molecule has 0 radical (unpaired) electrons. The van der Waals surface area contributed by atoms with Crippen molar-refractivity contribution in [2.75, 3.05) is 0 Å². The van der Waals surface area contributed by atoms with Crippen LogP contribution in [0.2, 0.25) is 0 Å². The first-order valence-corrected chi connectivity index (χ1v) is 18.0. The maximum Gasteiger partial charge on any atom is 0.166 e. The zero-order valence-corrected chi connectivity index (χ0v) is 28.6. The van der Waals surface area contributed by atoms with Gasteiger partial charge in [-0.3, -0.25) is 0 Å². The molecule has 0 spiro atoms. The van der Waals surface area contributed by atoms with Gasteiger partial charge in [0.1, 0.15) is 0 Å². The molecule has 11 aromatic rings. The van der Waals surface area contributed by atoms with Crippen molar-refractivity contribution in [2.24, 2.45) is 0 Å². The topological polar surface area (TPSA) is 43.6 Å². The molecule has 0 bridgehead atoms. The number of nitrogens with zero attached hydrogens (tertiary/aromatic N) is 4. The van der Waals surface area contributed by atoms with Crippen LogP contribution in [0.1, 0.15) is 0 Å². The quantitative estimate of drug-likeness (QED) is 0.175. The molecule has 4 nitrogen and oxygen atoms in total. The minimum atomic E-state index is 0.624. The van der Waals surface area contributed by atoms with E-state index in [1.165, 1.54) is 48.5 Å². The highest BCUT2D eigenvalue weighted by Crippen LogP contribution is 2.43. The van der Waals surface area contributed by atoms with E-state index in [9.17, 15) is 0 Å². The lowest BCUT2D eigenvalue weighted by atomic mass is 9.89. The zero-order chi connectivity index (χ0) is 34.9. The molecule has 0 saturated carbocycles. The molecule has 2 heterocycles. The van der Waals surface area contributed by atoms with E-state index in [0.717, 1.165) is 38.8 Å². The van der Waals surface area contributed by atoms with E-state index in [0.29, 0.717) is 17.5 Å². The maximum absolute atomic E-state index is 5.39. The van der Waals surface area contributed by atoms with Gasteiger partial charge in [0.25, 0.3) is 0 Å². The van der Waals surface area contributed by atoms with Crippen LogP contribution in [0.5, 0.6) is 0 Å². The van der Waals surface area contributed by atoms with Crippen molar-refractivity contribution in [2.45, 2.75) is 0 Å². The predicted molar refractivity (Wildman–Crippen MR) is 220 cm³/mol. The first-order chi connectivity index (χ1) is 26.3. The van der Waals surface area contributed by atoms with E-state index < -0.39 is 0 Å². The second-order valence-electron chi connectivity index (χ2n) is 13.5. The van der Waals surface area contributed by atoms with Gasteiger partial charge in [-0.05, 0) is 73.4 Å². The molecule has 0 amide bonds. The molecule has 246 valence electrons. The SMILES string of the molecule is c1ccc(-c2nc(-c3ccccc3-n3c4ccccc4c4ccccc43)nc(-c3cc4c5ccccc5c5ccccc5c4c4ccccc34)n2)cc1. The summed E-state index contributed by atoms with van der Waals surface area (Å²) in [6, 6.07) is 64.3. The van der Waals surface area contributed by atoms with Gasteiger partial charge in [-0.1, -0.05) is 152 Å². The van der Waals surface area contributed by atoms with Gasteiger partial charge in [0.05, 0.1) is 16.7 Å². The van der Waals surface area contributed by atoms with Crippen molar-refractivity contribution in [3.8, 4) is 39.9 Å². The molecule has 11 rings (SSSR count). The Morgan fingerprint density at radius 2 is 0.736 bits per heavy atom. The highest BCUT2D eigenvalue weighted by molar-refractivity contribution is 6.32. The fourth-order valence-corrected chi connectivity index (χ4v) is 8.32. The number of aromatic nitrogens is 4. The van der Waals surface area contributed by atoms with Crippen LogP contribution >= 0.6 is 0 Å². The van der Waals surface area contributed by atoms with Crippen LogP contribution in [-0.2, 0) is 0 Å². The van der Waals surface area contributed by atoms with E-state index in [1.54, 1.807) is 0 Å². The summed E-state index contributed by atoms with van der Waals surface area (Å²) in [5, 5.41) is 12.1. The highest BCUT2D eigenvalue weighted by Gasteiger charge is 2.21. The normalized spacial score (nSPS) is 11.8. The van der Waals surface area contributed by atoms with Crippen LogP contribution in [0.3, 0.4) is 0 Å². The van der Waals surface area contributed by atoms with Crippen LogP contribution in [-0.4, -0.2) is 19.5 Å². The van der Waals surface area contributed by atoms with Crippen molar-refractivity contribution >= 4 is 64.9 Å². The fraction of sp³-hybridized carbons (Fsp3) is 0. The third-order valence-electron chi connectivity index (χ3n) is 10.6. The van der Waals surface area contributed by atoms with E-state index in [2.05, 4.69) is 168 Å². The van der Waals surface area contributed by atoms with Crippen molar-refractivity contribution in [3.63, 3.8) is 0 Å². The molecule has 0 N–H and O–H groups in total. The van der Waals surface area contributed by atoms with Crippen LogP contribution in [0.4, 0.5) is 0 Å². The predicted octanol–water partition coefficient (Wildman–Crippen LogP) is 12.6. The van der Waals surface area contributed by atoms with Crippen molar-refractivity contribution in [3.05, 3.63) is 182 Å². The van der Waals surface area contributed by atoms with Gasteiger partial charge in [-0.2, -0.15) is 0 Å². The molecule has 0 fully saturated rings. The van der Waals surface area contributed by atoms with Crippen molar-refractivity contribution in [1.82, 2.24) is 19.5 Å². The van der Waals surface area contributed by atoms with E-state index in [4.69, 9.17) is 15.0 Å². The number of benzene rings is 9. The largest absolute Gasteiger partial charge is 0.309 e. The number of hydrogen-bond donors (Lipinski definition) is 0. The Morgan fingerprint density at radius 1 is 0.302 bits per heavy atom. The average molecular weight is 675 g/mol. The van der Waals surface area contributed by atoms with Gasteiger partial charge in [-0.25, -0.2) is 15.0 Å². The summed E-state index contributed by atoms with van der Waals surface area (Å²) in [5.74, 6) is 1.90. The Hall–Kier alpha value is -7.17.